The first-order chi connectivity index (χ1) is 14.4. The second-order valence-corrected chi connectivity index (χ2v) is 8.97. The number of aromatic nitrogens is 2. The van der Waals surface area contributed by atoms with Crippen molar-refractivity contribution >= 4 is 21.6 Å². The van der Waals surface area contributed by atoms with Gasteiger partial charge in [0.15, 0.2) is 0 Å². The molecule has 3 aromatic rings. The van der Waals surface area contributed by atoms with Crippen LogP contribution in [0.1, 0.15) is 42.1 Å². The maximum Gasteiger partial charge on any atom is 0.261 e. The molecule has 0 radical (unpaired) electrons. The van der Waals surface area contributed by atoms with Crippen LogP contribution in [0.2, 0.25) is 0 Å². The Morgan fingerprint density at radius 2 is 1.83 bits per heavy atom. The number of hydrogen-bond acceptors (Lipinski definition) is 4. The predicted octanol–water partition coefficient (Wildman–Crippen LogP) is 3.63. The first-order valence-electron chi connectivity index (χ1n) is 9.82. The van der Waals surface area contributed by atoms with Crippen LogP contribution >= 0.6 is 0 Å². The molecule has 2 aromatic carbocycles. The van der Waals surface area contributed by atoms with Crippen molar-refractivity contribution < 1.29 is 13.2 Å². The fourth-order valence-electron chi connectivity index (χ4n) is 2.98. The van der Waals surface area contributed by atoms with E-state index in [0.29, 0.717) is 12.5 Å². The van der Waals surface area contributed by atoms with Crippen molar-refractivity contribution in [3.63, 3.8) is 0 Å². The summed E-state index contributed by atoms with van der Waals surface area (Å²) in [4.78, 5) is 16.7. The lowest BCUT2D eigenvalue weighted by molar-refractivity contribution is 0.0953. The van der Waals surface area contributed by atoms with Crippen LogP contribution in [-0.2, 0) is 16.6 Å². The third-order valence-corrected chi connectivity index (χ3v) is 6.09. The van der Waals surface area contributed by atoms with E-state index in [-0.39, 0.29) is 22.1 Å². The lowest BCUT2D eigenvalue weighted by Crippen LogP contribution is -2.26. The smallest absolute Gasteiger partial charge is 0.261 e. The highest BCUT2D eigenvalue weighted by atomic mass is 32.2. The lowest BCUT2D eigenvalue weighted by Gasteiger charge is -2.13. The zero-order chi connectivity index (χ0) is 21.6. The van der Waals surface area contributed by atoms with E-state index >= 15 is 0 Å². The van der Waals surface area contributed by atoms with E-state index in [1.165, 1.54) is 0 Å². The monoisotopic (exact) mass is 426 g/mol. The van der Waals surface area contributed by atoms with E-state index in [1.807, 2.05) is 24.6 Å². The molecule has 158 valence electrons. The summed E-state index contributed by atoms with van der Waals surface area (Å²) in [5.41, 5.74) is 1.59. The summed E-state index contributed by atoms with van der Waals surface area (Å²) in [6, 6.07) is 13.3. The number of nitrogens with one attached hydrogen (secondary N) is 2. The van der Waals surface area contributed by atoms with Gasteiger partial charge in [-0.05, 0) is 42.2 Å². The minimum absolute atomic E-state index is 0.155. The van der Waals surface area contributed by atoms with Gasteiger partial charge in [0.25, 0.3) is 15.9 Å². The van der Waals surface area contributed by atoms with Gasteiger partial charge in [-0.1, -0.05) is 38.1 Å². The van der Waals surface area contributed by atoms with Crippen LogP contribution in [0.15, 0.2) is 72.1 Å². The first kappa shape index (κ1) is 21.6. The maximum absolute atomic E-state index is 12.8. The van der Waals surface area contributed by atoms with Crippen LogP contribution in [-0.4, -0.2) is 30.4 Å². The SMILES string of the molecule is CC(C)c1ccc(S(=O)(=O)Nc2ccccc2C(=O)NCCCn2ccnc2)cc1. The second-order valence-electron chi connectivity index (χ2n) is 7.28. The number of imidazole rings is 1. The molecule has 3 rings (SSSR count). The second kappa shape index (κ2) is 9.58. The molecule has 0 spiro atoms. The van der Waals surface area contributed by atoms with Crippen molar-refractivity contribution in [3.8, 4) is 0 Å². The van der Waals surface area contributed by atoms with Gasteiger partial charge in [0.05, 0.1) is 22.5 Å². The first-order valence-corrected chi connectivity index (χ1v) is 11.3. The minimum atomic E-state index is -3.81. The van der Waals surface area contributed by atoms with Gasteiger partial charge >= 0.3 is 0 Å². The fourth-order valence-corrected chi connectivity index (χ4v) is 4.06. The van der Waals surface area contributed by atoms with Crippen LogP contribution in [0.3, 0.4) is 0 Å². The average molecular weight is 427 g/mol. The molecular formula is C22H26N4O3S. The molecule has 1 aromatic heterocycles. The van der Waals surface area contributed by atoms with E-state index in [2.05, 4.69) is 15.0 Å². The number of anilines is 1. The number of para-hydroxylation sites is 1. The summed E-state index contributed by atoms with van der Waals surface area (Å²) < 4.78 is 30.1. The number of rotatable bonds is 9. The Bertz CT molecular complexity index is 1080. The zero-order valence-corrected chi connectivity index (χ0v) is 17.9. The Labute approximate surface area is 177 Å². The summed E-state index contributed by atoms with van der Waals surface area (Å²) >= 11 is 0. The quantitative estimate of drug-likeness (QED) is 0.511. The Balaban J connectivity index is 1.67. The average Bonchev–Trinajstić information content (AvgIpc) is 3.25. The van der Waals surface area contributed by atoms with Gasteiger partial charge in [-0.25, -0.2) is 13.4 Å². The van der Waals surface area contributed by atoms with Crippen LogP contribution in [0, 0.1) is 0 Å². The van der Waals surface area contributed by atoms with Crippen molar-refractivity contribution in [2.75, 3.05) is 11.3 Å². The molecule has 0 aliphatic rings. The van der Waals surface area contributed by atoms with Crippen molar-refractivity contribution in [3.05, 3.63) is 78.4 Å². The number of aryl methyl sites for hydroxylation is 1. The molecule has 0 aliphatic heterocycles. The molecule has 2 N–H and O–H groups in total. The topological polar surface area (TPSA) is 93.1 Å². The molecule has 0 unspecified atom stereocenters. The minimum Gasteiger partial charge on any atom is -0.352 e. The molecule has 0 fully saturated rings. The third kappa shape index (κ3) is 5.48. The van der Waals surface area contributed by atoms with Crippen molar-refractivity contribution in [1.29, 1.82) is 0 Å². The molecule has 0 aliphatic carbocycles. The number of benzene rings is 2. The Hall–Kier alpha value is -3.13. The van der Waals surface area contributed by atoms with Crippen molar-refractivity contribution in [2.24, 2.45) is 0 Å². The summed E-state index contributed by atoms with van der Waals surface area (Å²) in [5.74, 6) is -0.0120. The van der Waals surface area contributed by atoms with Crippen LogP contribution < -0.4 is 10.0 Å². The zero-order valence-electron chi connectivity index (χ0n) is 17.1. The highest BCUT2D eigenvalue weighted by Gasteiger charge is 2.18. The van der Waals surface area contributed by atoms with Gasteiger partial charge in [0.1, 0.15) is 0 Å². The lowest BCUT2D eigenvalue weighted by atomic mass is 10.0. The molecular weight excluding hydrogens is 400 g/mol. The van der Waals surface area contributed by atoms with E-state index in [9.17, 15) is 13.2 Å². The molecule has 1 heterocycles. The fraction of sp³-hybridized carbons (Fsp3) is 0.273. The summed E-state index contributed by atoms with van der Waals surface area (Å²) in [7, 11) is -3.81. The molecule has 0 saturated heterocycles. The summed E-state index contributed by atoms with van der Waals surface area (Å²) in [5, 5.41) is 2.84. The summed E-state index contributed by atoms with van der Waals surface area (Å²) in [6.45, 7) is 5.30. The number of sulfonamides is 1. The van der Waals surface area contributed by atoms with Gasteiger partial charge in [0.2, 0.25) is 0 Å². The molecule has 7 nitrogen and oxygen atoms in total. The predicted molar refractivity (Wildman–Crippen MR) is 117 cm³/mol. The van der Waals surface area contributed by atoms with E-state index in [4.69, 9.17) is 0 Å². The van der Waals surface area contributed by atoms with Crippen molar-refractivity contribution in [1.82, 2.24) is 14.9 Å². The number of hydrogen-bond donors (Lipinski definition) is 2. The maximum atomic E-state index is 12.8. The number of nitrogens with zero attached hydrogens (tertiary/aromatic N) is 2. The van der Waals surface area contributed by atoms with Crippen molar-refractivity contribution in [2.45, 2.75) is 37.6 Å². The Morgan fingerprint density at radius 1 is 1.10 bits per heavy atom. The Kier molecular flexibility index (Phi) is 6.89. The van der Waals surface area contributed by atoms with Gasteiger partial charge in [-0.2, -0.15) is 0 Å². The Morgan fingerprint density at radius 3 is 2.50 bits per heavy atom. The van der Waals surface area contributed by atoms with E-state index < -0.39 is 10.0 Å². The highest BCUT2D eigenvalue weighted by molar-refractivity contribution is 7.92. The van der Waals surface area contributed by atoms with Crippen LogP contribution in [0.5, 0.6) is 0 Å². The van der Waals surface area contributed by atoms with Gasteiger partial charge in [-0.15, -0.1) is 0 Å². The number of carbonyl (C=O) groups excluding carboxylic acids is 1. The third-order valence-electron chi connectivity index (χ3n) is 4.71. The number of carbonyl (C=O) groups is 1. The van der Waals surface area contributed by atoms with Gasteiger partial charge < -0.3 is 9.88 Å². The standard InChI is InChI=1S/C22H26N4O3S/c1-17(2)18-8-10-19(11-9-18)30(28,29)25-21-7-4-3-6-20(21)22(27)24-12-5-14-26-15-13-23-16-26/h3-4,6-11,13,15-17,25H,5,12,14H2,1-2H3,(H,24,27). The highest BCUT2D eigenvalue weighted by Crippen LogP contribution is 2.22. The summed E-state index contributed by atoms with van der Waals surface area (Å²) in [6.07, 6.45) is 6.02. The molecule has 0 atom stereocenters. The van der Waals surface area contributed by atoms with Crippen LogP contribution in [0.25, 0.3) is 0 Å². The van der Waals surface area contributed by atoms with E-state index in [0.717, 1.165) is 18.5 Å². The molecule has 0 bridgehead atoms. The molecule has 0 saturated carbocycles. The van der Waals surface area contributed by atoms with Gasteiger partial charge in [-0.3, -0.25) is 9.52 Å². The van der Waals surface area contributed by atoms with Gasteiger partial charge in [0, 0.05) is 25.5 Å². The molecule has 1 amide bonds. The van der Waals surface area contributed by atoms with Crippen LogP contribution in [0.4, 0.5) is 5.69 Å². The normalized spacial score (nSPS) is 11.4. The molecule has 30 heavy (non-hydrogen) atoms. The largest absolute Gasteiger partial charge is 0.352 e. The number of amides is 1. The molecule has 8 heteroatoms. The van der Waals surface area contributed by atoms with E-state index in [1.54, 1.807) is 61.1 Å².